The molecule has 9 heteroatoms. The van der Waals surface area contributed by atoms with Crippen molar-refractivity contribution < 1.29 is 32.9 Å². The topological polar surface area (TPSA) is 105 Å². The molecule has 8 nitrogen and oxygen atoms in total. The van der Waals surface area contributed by atoms with E-state index in [0.29, 0.717) is 23.9 Å². The van der Waals surface area contributed by atoms with Crippen LogP contribution in [-0.4, -0.2) is 73.4 Å². The molecule has 0 rings (SSSR count). The quantitative estimate of drug-likeness (QED) is 0.0243. The summed E-state index contributed by atoms with van der Waals surface area (Å²) in [5, 5.41) is 14.0. The van der Waals surface area contributed by atoms with Crippen molar-refractivity contribution in [2.24, 2.45) is 0 Å². The number of amides is 1. The van der Waals surface area contributed by atoms with E-state index in [-0.39, 0.29) is 19.1 Å². The number of phosphoric acid groups is 1. The second-order valence-electron chi connectivity index (χ2n) is 20.0. The second kappa shape index (κ2) is 46.1. The number of unbranched alkanes of at least 4 members (excludes halogenated alkanes) is 33. The molecule has 3 atom stereocenters. The number of carbonyl (C=O) groups excluding carboxylic acids is 1. The van der Waals surface area contributed by atoms with Gasteiger partial charge in [-0.25, -0.2) is 4.57 Å². The Kier molecular flexibility index (Phi) is 45.4. The van der Waals surface area contributed by atoms with Crippen LogP contribution in [0.5, 0.6) is 0 Å². The summed E-state index contributed by atoms with van der Waals surface area (Å²) < 4.78 is 23.7. The summed E-state index contributed by atoms with van der Waals surface area (Å²) in [5.41, 5.74) is 0. The van der Waals surface area contributed by atoms with Gasteiger partial charge >= 0.3 is 7.82 Å². The molecule has 0 spiro atoms. The molecule has 0 radical (unpaired) electrons. The molecule has 0 saturated carbocycles. The van der Waals surface area contributed by atoms with Crippen LogP contribution in [0.1, 0.15) is 264 Å². The number of carbonyl (C=O) groups is 1. The van der Waals surface area contributed by atoms with Crippen molar-refractivity contribution in [3.8, 4) is 0 Å². The Bertz CT molecular complexity index is 1080. The third-order valence-electron chi connectivity index (χ3n) is 12.5. The standard InChI is InChI=1S/C54H107N2O6P/c1-6-8-10-12-14-16-18-20-22-23-24-25-26-27-28-29-30-31-32-33-34-35-37-39-41-43-45-47-53(57)52(51-62-63(59,60)61-50-49-56(3,4)5)55-54(58)48-46-44-42-40-38-36-21-19-17-15-13-11-9-7-2/h13,15,19,21,52-53,57H,6-12,14,16-18,20,22-51H2,1-5H3,(H-,55,58,59,60)/p+1/b15-13-,21-19-. The van der Waals surface area contributed by atoms with E-state index in [0.717, 1.165) is 64.2 Å². The van der Waals surface area contributed by atoms with Gasteiger partial charge in [0.05, 0.1) is 39.9 Å². The summed E-state index contributed by atoms with van der Waals surface area (Å²) in [7, 11) is 1.61. The summed E-state index contributed by atoms with van der Waals surface area (Å²) in [6.45, 7) is 4.86. The summed E-state index contributed by atoms with van der Waals surface area (Å²) in [4.78, 5) is 23.2. The van der Waals surface area contributed by atoms with Crippen LogP contribution in [0.3, 0.4) is 0 Å². The third kappa shape index (κ3) is 48.7. The number of nitrogens with zero attached hydrogens (tertiary/aromatic N) is 1. The minimum Gasteiger partial charge on any atom is -0.391 e. The largest absolute Gasteiger partial charge is 0.472 e. The van der Waals surface area contributed by atoms with Gasteiger partial charge in [-0.3, -0.25) is 13.8 Å². The Morgan fingerprint density at radius 1 is 0.540 bits per heavy atom. The Morgan fingerprint density at radius 2 is 0.921 bits per heavy atom. The van der Waals surface area contributed by atoms with Crippen molar-refractivity contribution in [1.82, 2.24) is 5.32 Å². The molecule has 0 aromatic carbocycles. The van der Waals surface area contributed by atoms with E-state index in [1.165, 1.54) is 173 Å². The van der Waals surface area contributed by atoms with Gasteiger partial charge in [-0.1, -0.05) is 244 Å². The number of hydrogen-bond acceptors (Lipinski definition) is 5. The molecule has 1 amide bonds. The van der Waals surface area contributed by atoms with E-state index < -0.39 is 20.0 Å². The minimum absolute atomic E-state index is 0.0726. The monoisotopic (exact) mass is 912 g/mol. The molecule has 0 aliphatic heterocycles. The van der Waals surface area contributed by atoms with Crippen molar-refractivity contribution in [2.45, 2.75) is 276 Å². The average molecular weight is 912 g/mol. The van der Waals surface area contributed by atoms with Crippen LogP contribution in [0.15, 0.2) is 24.3 Å². The van der Waals surface area contributed by atoms with Crippen LogP contribution in [0.4, 0.5) is 0 Å². The van der Waals surface area contributed by atoms with E-state index in [2.05, 4.69) is 43.5 Å². The van der Waals surface area contributed by atoms with Gasteiger partial charge in [0.1, 0.15) is 13.2 Å². The molecule has 374 valence electrons. The first-order chi connectivity index (χ1) is 30.5. The lowest BCUT2D eigenvalue weighted by molar-refractivity contribution is -0.870. The molecule has 0 aromatic rings. The van der Waals surface area contributed by atoms with E-state index in [1.54, 1.807) is 0 Å². The van der Waals surface area contributed by atoms with Crippen molar-refractivity contribution in [3.05, 3.63) is 24.3 Å². The van der Waals surface area contributed by atoms with Gasteiger partial charge in [-0.05, 0) is 38.5 Å². The number of hydrogen-bond donors (Lipinski definition) is 3. The Hall–Kier alpha value is -1.02. The second-order valence-corrected chi connectivity index (χ2v) is 21.4. The fourth-order valence-electron chi connectivity index (χ4n) is 8.12. The van der Waals surface area contributed by atoms with Crippen LogP contribution in [0.2, 0.25) is 0 Å². The van der Waals surface area contributed by atoms with Crippen LogP contribution >= 0.6 is 7.82 Å². The molecular formula is C54H108N2O6P+. The Balaban J connectivity index is 4.11. The van der Waals surface area contributed by atoms with E-state index in [9.17, 15) is 19.4 Å². The van der Waals surface area contributed by atoms with Crippen LogP contribution < -0.4 is 5.32 Å². The van der Waals surface area contributed by atoms with Crippen molar-refractivity contribution in [3.63, 3.8) is 0 Å². The molecule has 0 fully saturated rings. The highest BCUT2D eigenvalue weighted by Gasteiger charge is 2.28. The lowest BCUT2D eigenvalue weighted by atomic mass is 10.0. The number of quaternary nitrogens is 1. The highest BCUT2D eigenvalue weighted by Crippen LogP contribution is 2.43. The zero-order chi connectivity index (χ0) is 46.4. The van der Waals surface area contributed by atoms with Gasteiger partial charge < -0.3 is 19.8 Å². The third-order valence-corrected chi connectivity index (χ3v) is 13.4. The molecule has 0 aromatic heterocycles. The Morgan fingerprint density at radius 3 is 1.35 bits per heavy atom. The number of aliphatic hydroxyl groups is 1. The first-order valence-electron chi connectivity index (χ1n) is 27.2. The highest BCUT2D eigenvalue weighted by atomic mass is 31.2. The van der Waals surface area contributed by atoms with Crippen molar-refractivity contribution >= 4 is 13.7 Å². The maximum atomic E-state index is 12.9. The summed E-state index contributed by atoms with van der Waals surface area (Å²) >= 11 is 0. The SMILES string of the molecule is CCCC/C=C\C/C=C\CCCCCCCC(=O)NC(COP(=O)(O)OCC[N+](C)(C)C)C(O)CCCCCCCCCCCCCCCCCCCCCCCCCCCCC. The lowest BCUT2D eigenvalue weighted by Gasteiger charge is -2.26. The van der Waals surface area contributed by atoms with E-state index in [1.807, 2.05) is 21.1 Å². The Labute approximate surface area is 392 Å². The van der Waals surface area contributed by atoms with Gasteiger partial charge in [0, 0.05) is 6.42 Å². The average Bonchev–Trinajstić information content (AvgIpc) is 3.24. The van der Waals surface area contributed by atoms with Gasteiger partial charge in [-0.2, -0.15) is 0 Å². The first-order valence-corrected chi connectivity index (χ1v) is 28.7. The maximum Gasteiger partial charge on any atom is 0.472 e. The van der Waals surface area contributed by atoms with Gasteiger partial charge in [0.25, 0.3) is 0 Å². The number of allylic oxidation sites excluding steroid dienone is 4. The molecule has 3 unspecified atom stereocenters. The van der Waals surface area contributed by atoms with E-state index in [4.69, 9.17) is 9.05 Å². The number of aliphatic hydroxyl groups excluding tert-OH is 1. The fraction of sp³-hybridized carbons (Fsp3) is 0.907. The van der Waals surface area contributed by atoms with Crippen LogP contribution in [-0.2, 0) is 18.4 Å². The predicted molar refractivity (Wildman–Crippen MR) is 272 cm³/mol. The molecule has 0 saturated heterocycles. The van der Waals surface area contributed by atoms with Crippen LogP contribution in [0.25, 0.3) is 0 Å². The molecule has 63 heavy (non-hydrogen) atoms. The predicted octanol–water partition coefficient (Wildman–Crippen LogP) is 16.0. The van der Waals surface area contributed by atoms with Crippen molar-refractivity contribution in [1.29, 1.82) is 0 Å². The van der Waals surface area contributed by atoms with Gasteiger partial charge in [0.15, 0.2) is 0 Å². The smallest absolute Gasteiger partial charge is 0.391 e. The summed E-state index contributed by atoms with van der Waals surface area (Å²) in [6, 6.07) is -0.766. The fourth-order valence-corrected chi connectivity index (χ4v) is 8.86. The zero-order valence-electron chi connectivity index (χ0n) is 42.6. The molecular weight excluding hydrogens is 804 g/mol. The summed E-state index contributed by atoms with van der Waals surface area (Å²) in [5.74, 6) is -0.156. The zero-order valence-corrected chi connectivity index (χ0v) is 43.5. The van der Waals surface area contributed by atoms with Gasteiger partial charge in [-0.15, -0.1) is 0 Å². The highest BCUT2D eigenvalue weighted by molar-refractivity contribution is 7.47. The number of likely N-dealkylation sites (N-methyl/N-ethyl adjacent to an activating group) is 1. The molecule has 0 heterocycles. The molecule has 3 N–H and O–H groups in total. The molecule has 0 aliphatic rings. The molecule has 0 bridgehead atoms. The van der Waals surface area contributed by atoms with Crippen molar-refractivity contribution in [2.75, 3.05) is 40.9 Å². The lowest BCUT2D eigenvalue weighted by Crippen LogP contribution is -2.46. The number of nitrogens with one attached hydrogen (secondary N) is 1. The first kappa shape index (κ1) is 62.0. The maximum absolute atomic E-state index is 12.9. The molecule has 0 aliphatic carbocycles. The van der Waals surface area contributed by atoms with Crippen LogP contribution in [0, 0.1) is 0 Å². The van der Waals surface area contributed by atoms with Gasteiger partial charge in [0.2, 0.25) is 5.91 Å². The summed E-state index contributed by atoms with van der Waals surface area (Å²) in [6.07, 6.45) is 56.6. The minimum atomic E-state index is -4.32. The number of rotatable bonds is 50. The van der Waals surface area contributed by atoms with E-state index >= 15 is 0 Å². The number of phosphoric ester groups is 1. The normalized spacial score (nSPS) is 14.2.